The molecule has 9 heteroatoms. The lowest BCUT2D eigenvalue weighted by Crippen LogP contribution is -2.67. The third-order valence-corrected chi connectivity index (χ3v) is 9.03. The number of hydrazone groups is 1. The molecule has 9 nitrogen and oxygen atoms in total. The van der Waals surface area contributed by atoms with E-state index in [-0.39, 0.29) is 30.1 Å². The van der Waals surface area contributed by atoms with Gasteiger partial charge in [-0.25, -0.2) is 0 Å². The fourth-order valence-electron chi connectivity index (χ4n) is 6.78. The molecule has 0 radical (unpaired) electrons. The first-order valence-electron chi connectivity index (χ1n) is 15.0. The lowest BCUT2D eigenvalue weighted by atomic mass is 9.80. The number of piperazine rings is 1. The van der Waals surface area contributed by atoms with Crippen LogP contribution in [0, 0.1) is 25.7 Å². The SMILES string of the molecule is Cc1cccc(N2CCN(CCNC(=O)CCC3=NNC4N(CC(C)C)C(=O)C5CCCCC5N34)CC2)c1C. The quantitative estimate of drug-likeness (QED) is 0.504. The Morgan fingerprint density at radius 3 is 2.67 bits per heavy atom. The Balaban J connectivity index is 1.07. The molecular formula is C30H47N7O2. The molecule has 1 aliphatic carbocycles. The zero-order valence-electron chi connectivity index (χ0n) is 24.3. The number of hydrogen-bond donors (Lipinski definition) is 2. The van der Waals surface area contributed by atoms with E-state index in [2.05, 4.69) is 76.4 Å². The van der Waals surface area contributed by atoms with Crippen LogP contribution in [0.5, 0.6) is 0 Å². The van der Waals surface area contributed by atoms with E-state index >= 15 is 0 Å². The molecule has 1 saturated carbocycles. The second-order valence-corrected chi connectivity index (χ2v) is 12.2. The largest absolute Gasteiger partial charge is 0.369 e. The van der Waals surface area contributed by atoms with Crippen molar-refractivity contribution in [2.75, 3.05) is 50.7 Å². The van der Waals surface area contributed by atoms with Gasteiger partial charge in [-0.05, 0) is 49.8 Å². The fourth-order valence-corrected chi connectivity index (χ4v) is 6.78. The standard InChI is InChI=1S/C30H47N7O2/c1-21(2)20-36-29(39)24-9-5-6-10-26(24)37-27(32-33-30(36)37)12-13-28(38)31-14-15-34-16-18-35(19-17-34)25-11-7-8-22(3)23(25)4/h7-8,11,21,24,26,30,33H,5-6,9-10,12-20H2,1-4H3,(H,31,38). The molecule has 0 aromatic heterocycles. The van der Waals surface area contributed by atoms with Gasteiger partial charge in [-0.15, -0.1) is 0 Å². The van der Waals surface area contributed by atoms with Crippen LogP contribution in [-0.4, -0.2) is 90.5 Å². The van der Waals surface area contributed by atoms with Crippen molar-refractivity contribution in [1.29, 1.82) is 0 Å². The minimum Gasteiger partial charge on any atom is -0.369 e. The van der Waals surface area contributed by atoms with Gasteiger partial charge >= 0.3 is 0 Å². The first-order valence-corrected chi connectivity index (χ1v) is 15.0. The highest BCUT2D eigenvalue weighted by Gasteiger charge is 2.50. The lowest BCUT2D eigenvalue weighted by molar-refractivity contribution is -0.156. The molecule has 3 heterocycles. The molecule has 0 bridgehead atoms. The molecule has 39 heavy (non-hydrogen) atoms. The monoisotopic (exact) mass is 537 g/mol. The first-order chi connectivity index (χ1) is 18.8. The first kappa shape index (κ1) is 27.7. The van der Waals surface area contributed by atoms with Crippen molar-refractivity contribution in [1.82, 2.24) is 25.4 Å². The van der Waals surface area contributed by atoms with Crippen molar-refractivity contribution in [3.8, 4) is 0 Å². The molecule has 214 valence electrons. The molecule has 3 fully saturated rings. The van der Waals surface area contributed by atoms with E-state index in [9.17, 15) is 9.59 Å². The summed E-state index contributed by atoms with van der Waals surface area (Å²) in [6.45, 7) is 15.0. The number of rotatable bonds is 9. The van der Waals surface area contributed by atoms with Crippen molar-refractivity contribution in [3.05, 3.63) is 29.3 Å². The second kappa shape index (κ2) is 12.1. The molecule has 1 aromatic carbocycles. The molecule has 4 aliphatic rings. The summed E-state index contributed by atoms with van der Waals surface area (Å²) < 4.78 is 0. The number of nitrogens with zero attached hydrogens (tertiary/aromatic N) is 5. The number of nitrogens with one attached hydrogen (secondary N) is 2. The summed E-state index contributed by atoms with van der Waals surface area (Å²) in [5, 5.41) is 7.77. The summed E-state index contributed by atoms with van der Waals surface area (Å²) in [6, 6.07) is 6.74. The summed E-state index contributed by atoms with van der Waals surface area (Å²) in [4.78, 5) is 35.3. The predicted molar refractivity (Wildman–Crippen MR) is 155 cm³/mol. The van der Waals surface area contributed by atoms with Gasteiger partial charge in [-0.1, -0.05) is 38.8 Å². The van der Waals surface area contributed by atoms with E-state index in [4.69, 9.17) is 0 Å². The second-order valence-electron chi connectivity index (χ2n) is 12.2. The Kier molecular flexibility index (Phi) is 8.64. The van der Waals surface area contributed by atoms with Crippen molar-refractivity contribution in [2.45, 2.75) is 78.6 Å². The summed E-state index contributed by atoms with van der Waals surface area (Å²) >= 11 is 0. The summed E-state index contributed by atoms with van der Waals surface area (Å²) in [5.41, 5.74) is 7.29. The molecule has 3 aliphatic heterocycles. The van der Waals surface area contributed by atoms with Crippen LogP contribution in [0.4, 0.5) is 5.69 Å². The Bertz CT molecular complexity index is 1070. The lowest BCUT2D eigenvalue weighted by Gasteiger charge is -2.51. The van der Waals surface area contributed by atoms with Gasteiger partial charge in [-0.3, -0.25) is 19.9 Å². The molecule has 3 unspecified atom stereocenters. The van der Waals surface area contributed by atoms with Gasteiger partial charge < -0.3 is 20.0 Å². The molecule has 5 rings (SSSR count). The van der Waals surface area contributed by atoms with Crippen LogP contribution < -0.4 is 15.6 Å². The van der Waals surface area contributed by atoms with Crippen molar-refractivity contribution < 1.29 is 9.59 Å². The summed E-state index contributed by atoms with van der Waals surface area (Å²) in [7, 11) is 0. The van der Waals surface area contributed by atoms with Crippen LogP contribution in [0.25, 0.3) is 0 Å². The third-order valence-electron chi connectivity index (χ3n) is 9.03. The number of fused-ring (bicyclic) bond motifs is 3. The van der Waals surface area contributed by atoms with E-state index in [0.717, 1.165) is 70.8 Å². The van der Waals surface area contributed by atoms with Crippen LogP contribution in [0.2, 0.25) is 0 Å². The normalized spacial score (nSPS) is 25.4. The highest BCUT2D eigenvalue weighted by molar-refractivity contribution is 5.91. The van der Waals surface area contributed by atoms with E-state index < -0.39 is 0 Å². The van der Waals surface area contributed by atoms with Gasteiger partial charge in [0, 0.05) is 70.4 Å². The zero-order valence-corrected chi connectivity index (χ0v) is 24.3. The highest BCUT2D eigenvalue weighted by atomic mass is 16.2. The maximum Gasteiger partial charge on any atom is 0.230 e. The van der Waals surface area contributed by atoms with Crippen molar-refractivity contribution in [2.24, 2.45) is 16.9 Å². The van der Waals surface area contributed by atoms with Gasteiger partial charge in [-0.2, -0.15) is 5.10 Å². The van der Waals surface area contributed by atoms with E-state index in [0.29, 0.717) is 25.3 Å². The van der Waals surface area contributed by atoms with Gasteiger partial charge in [0.25, 0.3) is 0 Å². The fraction of sp³-hybridized carbons (Fsp3) is 0.700. The van der Waals surface area contributed by atoms with Crippen LogP contribution in [0.3, 0.4) is 0 Å². The van der Waals surface area contributed by atoms with Gasteiger partial charge in [0.1, 0.15) is 5.84 Å². The van der Waals surface area contributed by atoms with E-state index in [1.807, 2.05) is 4.90 Å². The zero-order chi connectivity index (χ0) is 27.5. The third kappa shape index (κ3) is 6.03. The molecular weight excluding hydrogens is 490 g/mol. The molecule has 2 amide bonds. The van der Waals surface area contributed by atoms with Gasteiger partial charge in [0.2, 0.25) is 11.8 Å². The maximum atomic E-state index is 13.3. The topological polar surface area (TPSA) is 83.5 Å². The Morgan fingerprint density at radius 1 is 1.13 bits per heavy atom. The molecule has 3 atom stereocenters. The van der Waals surface area contributed by atoms with Crippen molar-refractivity contribution in [3.63, 3.8) is 0 Å². The van der Waals surface area contributed by atoms with E-state index in [1.165, 1.54) is 16.8 Å². The molecule has 2 N–H and O–H groups in total. The van der Waals surface area contributed by atoms with E-state index in [1.54, 1.807) is 0 Å². The summed E-state index contributed by atoms with van der Waals surface area (Å²) in [6.07, 6.45) is 5.04. The summed E-state index contributed by atoms with van der Waals surface area (Å²) in [5.74, 6) is 1.70. The number of amidine groups is 1. The number of carbonyl (C=O) groups is 2. The van der Waals surface area contributed by atoms with Crippen LogP contribution in [0.1, 0.15) is 63.5 Å². The average molecular weight is 538 g/mol. The molecule has 0 spiro atoms. The minimum atomic E-state index is -0.209. The maximum absolute atomic E-state index is 13.3. The predicted octanol–water partition coefficient (Wildman–Crippen LogP) is 2.88. The number of benzene rings is 1. The smallest absolute Gasteiger partial charge is 0.230 e. The number of carbonyl (C=O) groups excluding carboxylic acids is 2. The number of aryl methyl sites for hydroxylation is 1. The number of anilines is 1. The van der Waals surface area contributed by atoms with Gasteiger partial charge in [0.15, 0.2) is 6.29 Å². The van der Waals surface area contributed by atoms with Gasteiger partial charge in [0.05, 0.1) is 5.92 Å². The Labute approximate surface area is 233 Å². The number of amides is 2. The Morgan fingerprint density at radius 2 is 1.90 bits per heavy atom. The Hall–Kier alpha value is -2.81. The van der Waals surface area contributed by atoms with Crippen LogP contribution in [-0.2, 0) is 9.59 Å². The van der Waals surface area contributed by atoms with Crippen LogP contribution in [0.15, 0.2) is 23.3 Å². The minimum absolute atomic E-state index is 0.0444. The van der Waals surface area contributed by atoms with Crippen molar-refractivity contribution >= 4 is 23.3 Å². The number of hydrogen-bond acceptors (Lipinski definition) is 7. The van der Waals surface area contributed by atoms with Crippen LogP contribution >= 0.6 is 0 Å². The molecule has 2 saturated heterocycles. The molecule has 1 aromatic rings. The highest BCUT2D eigenvalue weighted by Crippen LogP contribution is 2.38. The average Bonchev–Trinajstić information content (AvgIpc) is 3.36.